The zero-order chi connectivity index (χ0) is 45.2. The molecule has 0 spiro atoms. The molecule has 0 radical (unpaired) electrons. The number of halogens is 3. The van der Waals surface area contributed by atoms with Crippen LogP contribution in [-0.4, -0.2) is 69.8 Å². The molecule has 2 aromatic heterocycles. The first-order chi connectivity index (χ1) is 32.3. The Morgan fingerprint density at radius 3 is 1.18 bits per heavy atom. The number of pyridine rings is 2. The van der Waals surface area contributed by atoms with Crippen molar-refractivity contribution in [1.29, 1.82) is 0 Å². The molecule has 0 atom stereocenters. The first kappa shape index (κ1) is 47.4. The number of benzene rings is 6. The minimum Gasteiger partial charge on any atom is -0.349 e. The molecule has 2 aliphatic heterocycles. The van der Waals surface area contributed by atoms with E-state index in [1.54, 1.807) is 0 Å². The molecule has 10 rings (SSSR count). The fourth-order valence-corrected chi connectivity index (χ4v) is 9.31. The third-order valence-corrected chi connectivity index (χ3v) is 13.0. The molecule has 6 aromatic carbocycles. The second-order valence-electron chi connectivity index (χ2n) is 17.2. The predicted molar refractivity (Wildman–Crippen MR) is 276 cm³/mol. The van der Waals surface area contributed by atoms with Gasteiger partial charge in [0.05, 0.1) is 33.5 Å². The van der Waals surface area contributed by atoms with Crippen LogP contribution in [0.1, 0.15) is 57.5 Å². The average molecular weight is 948 g/mol. The maximum atomic E-state index is 13.4. The molecule has 67 heavy (non-hydrogen) atoms. The van der Waals surface area contributed by atoms with E-state index in [4.69, 9.17) is 33.2 Å². The Kier molecular flexibility index (Phi) is 16.0. The third kappa shape index (κ3) is 12.3. The van der Waals surface area contributed by atoms with Gasteiger partial charge in [-0.2, -0.15) is 0 Å². The summed E-state index contributed by atoms with van der Waals surface area (Å²) in [6, 6.07) is 56.1. The van der Waals surface area contributed by atoms with E-state index in [2.05, 4.69) is 69.0 Å². The normalized spacial score (nSPS) is 14.7. The van der Waals surface area contributed by atoms with Gasteiger partial charge in [0, 0.05) is 83.3 Å². The number of carbonyl (C=O) groups is 2. The number of nitrogens with zero attached hydrogens (tertiary/aromatic N) is 4. The van der Waals surface area contributed by atoms with E-state index < -0.39 is 0 Å². The molecule has 8 nitrogen and oxygen atoms in total. The Morgan fingerprint density at radius 1 is 0.478 bits per heavy atom. The van der Waals surface area contributed by atoms with Gasteiger partial charge in [-0.25, -0.2) is 9.97 Å². The molecule has 0 bridgehead atoms. The summed E-state index contributed by atoms with van der Waals surface area (Å²) in [6.45, 7) is 5.81. The van der Waals surface area contributed by atoms with Gasteiger partial charge in [-0.15, -0.1) is 12.4 Å². The van der Waals surface area contributed by atoms with Gasteiger partial charge in [-0.05, 0) is 73.2 Å². The minimum atomic E-state index is -0.0524. The van der Waals surface area contributed by atoms with Crippen molar-refractivity contribution in [2.45, 2.75) is 50.9 Å². The average Bonchev–Trinajstić information content (AvgIpc) is 3.35. The smallest absolute Gasteiger partial charge is 0.252 e. The molecule has 0 saturated carbocycles. The fraction of sp³-hybridized carbons (Fsp3) is 0.214. The van der Waals surface area contributed by atoms with Gasteiger partial charge in [0.1, 0.15) is 0 Å². The molecule has 0 aliphatic carbocycles. The number of amides is 2. The number of fused-ring (bicyclic) bond motifs is 2. The highest BCUT2D eigenvalue weighted by molar-refractivity contribution is 6.31. The van der Waals surface area contributed by atoms with Gasteiger partial charge in [0.25, 0.3) is 11.8 Å². The molecule has 4 heterocycles. The van der Waals surface area contributed by atoms with Gasteiger partial charge >= 0.3 is 0 Å². The van der Waals surface area contributed by atoms with E-state index in [0.717, 1.165) is 109 Å². The summed E-state index contributed by atoms with van der Waals surface area (Å²) >= 11 is 12.5. The molecular weight excluding hydrogens is 895 g/mol. The number of carbonyl (C=O) groups excluding carboxylic acids is 2. The third-order valence-electron chi connectivity index (χ3n) is 12.5. The Balaban J connectivity index is 0.000000179. The lowest BCUT2D eigenvalue weighted by atomic mass is 10.0. The fourth-order valence-electron chi connectivity index (χ4n) is 8.97. The maximum absolute atomic E-state index is 13.4. The molecule has 0 unspecified atom stereocenters. The van der Waals surface area contributed by atoms with Crippen molar-refractivity contribution in [3.8, 4) is 22.5 Å². The van der Waals surface area contributed by atoms with Crippen molar-refractivity contribution in [3.63, 3.8) is 0 Å². The van der Waals surface area contributed by atoms with Crippen LogP contribution >= 0.6 is 35.6 Å². The van der Waals surface area contributed by atoms with E-state index in [0.29, 0.717) is 21.2 Å². The maximum Gasteiger partial charge on any atom is 0.252 e. The van der Waals surface area contributed by atoms with E-state index in [1.165, 1.54) is 11.1 Å². The molecule has 2 N–H and O–H groups in total. The molecule has 8 aromatic rings. The Morgan fingerprint density at radius 2 is 0.821 bits per heavy atom. The summed E-state index contributed by atoms with van der Waals surface area (Å²) in [4.78, 5) is 41.2. The summed E-state index contributed by atoms with van der Waals surface area (Å²) in [7, 11) is 0. The number of aromatic nitrogens is 2. The number of likely N-dealkylation sites (tertiary alicyclic amines) is 2. The molecule has 340 valence electrons. The van der Waals surface area contributed by atoms with E-state index in [9.17, 15) is 9.59 Å². The van der Waals surface area contributed by atoms with Crippen LogP contribution in [0.5, 0.6) is 0 Å². The van der Waals surface area contributed by atoms with Crippen LogP contribution in [0.3, 0.4) is 0 Å². The highest BCUT2D eigenvalue weighted by atomic mass is 35.5. The lowest BCUT2D eigenvalue weighted by Crippen LogP contribution is -2.44. The first-order valence-electron chi connectivity index (χ1n) is 22.8. The van der Waals surface area contributed by atoms with E-state index in [1.807, 2.05) is 121 Å². The molecular formula is C56H53Cl3N6O2. The lowest BCUT2D eigenvalue weighted by Gasteiger charge is -2.32. The number of nitrogens with one attached hydrogen (secondary N) is 2. The monoisotopic (exact) mass is 946 g/mol. The quantitative estimate of drug-likeness (QED) is 0.142. The molecule has 2 amide bonds. The van der Waals surface area contributed by atoms with Crippen molar-refractivity contribution in [3.05, 3.63) is 202 Å². The van der Waals surface area contributed by atoms with Gasteiger partial charge in [-0.1, -0.05) is 157 Å². The van der Waals surface area contributed by atoms with Crippen molar-refractivity contribution in [1.82, 2.24) is 30.4 Å². The molecule has 11 heteroatoms. The van der Waals surface area contributed by atoms with Gasteiger partial charge in [0.2, 0.25) is 0 Å². The zero-order valence-corrected chi connectivity index (χ0v) is 39.5. The van der Waals surface area contributed by atoms with E-state index >= 15 is 0 Å². The van der Waals surface area contributed by atoms with Crippen LogP contribution < -0.4 is 10.6 Å². The molecule has 2 saturated heterocycles. The number of hydrogen-bond donors (Lipinski definition) is 2. The largest absolute Gasteiger partial charge is 0.349 e. The Hall–Kier alpha value is -6.13. The molecule has 2 fully saturated rings. The number of rotatable bonds is 10. The molecule has 2 aliphatic rings. The van der Waals surface area contributed by atoms with Crippen LogP contribution in [0.15, 0.2) is 170 Å². The highest BCUT2D eigenvalue weighted by Gasteiger charge is 2.25. The van der Waals surface area contributed by atoms with Crippen LogP contribution in [0, 0.1) is 0 Å². The van der Waals surface area contributed by atoms with Crippen molar-refractivity contribution in [2.24, 2.45) is 0 Å². The summed E-state index contributed by atoms with van der Waals surface area (Å²) in [5.74, 6) is -0.105. The Bertz CT molecular complexity index is 2710. The number of piperidine rings is 2. The topological polar surface area (TPSA) is 90.5 Å². The van der Waals surface area contributed by atoms with Gasteiger partial charge in [-0.3, -0.25) is 19.4 Å². The van der Waals surface area contributed by atoms with Crippen molar-refractivity contribution >= 4 is 69.2 Å². The predicted octanol–water partition coefficient (Wildman–Crippen LogP) is 12.3. The second kappa shape index (κ2) is 22.6. The summed E-state index contributed by atoms with van der Waals surface area (Å²) in [6.07, 6.45) is 3.77. The van der Waals surface area contributed by atoms with Crippen molar-refractivity contribution in [2.75, 3.05) is 26.2 Å². The highest BCUT2D eigenvalue weighted by Crippen LogP contribution is 2.29. The van der Waals surface area contributed by atoms with E-state index in [-0.39, 0.29) is 36.3 Å². The lowest BCUT2D eigenvalue weighted by molar-refractivity contribution is 0.0902. The van der Waals surface area contributed by atoms with Crippen LogP contribution in [0.4, 0.5) is 0 Å². The summed E-state index contributed by atoms with van der Waals surface area (Å²) in [5, 5.41) is 9.41. The summed E-state index contributed by atoms with van der Waals surface area (Å²) < 4.78 is 0. The van der Waals surface area contributed by atoms with Gasteiger partial charge < -0.3 is 10.6 Å². The van der Waals surface area contributed by atoms with Gasteiger partial charge in [0.15, 0.2) is 0 Å². The zero-order valence-electron chi connectivity index (χ0n) is 37.2. The standard InChI is InChI=1S/2C28H26ClN3O.ClH/c2*29-22-11-12-24-25(18-26(31-27(24)17-22)21-9-5-2-6-10-21)28(33)30-23-13-15-32(16-14-23)19-20-7-3-1-4-8-20;/h2*1-12,17-18,23H,13-16,19H2,(H,30,33);1H. The van der Waals surface area contributed by atoms with Crippen molar-refractivity contribution < 1.29 is 9.59 Å². The minimum absolute atomic E-state index is 0. The van der Waals surface area contributed by atoms with Crippen LogP contribution in [0.25, 0.3) is 44.3 Å². The number of hydrogen-bond acceptors (Lipinski definition) is 6. The SMILES string of the molecule is Cl.O=C(NC1CCN(Cc2ccccc2)CC1)c1cc(-c2ccccc2)nc2cc(Cl)ccc12.O=C(NC1CCN(Cc2ccccc2)CC1)c1cc(-c2ccccc2)nc2cc(Cl)ccc12. The second-order valence-corrected chi connectivity index (χ2v) is 18.1. The van der Waals surface area contributed by atoms with Crippen LogP contribution in [-0.2, 0) is 13.1 Å². The summed E-state index contributed by atoms with van der Waals surface area (Å²) in [5.41, 5.74) is 8.89. The first-order valence-corrected chi connectivity index (χ1v) is 23.5. The Labute approximate surface area is 408 Å². The van der Waals surface area contributed by atoms with Crippen LogP contribution in [0.2, 0.25) is 10.0 Å².